The standard InChI is InChI=1S/C34H25F3N6O4S/c1-42-16-19(14-39-42)5-6-23-15-38-32(48-23)18-47-31-4-2-3-28(40-31)24-13-25(35)20(9-26(24)36)12-30-41-33-27(37)10-21(34(44)45)11-29(33)43(30)17-22-7-8-46-22/h2-4,9-11,13-16,22H,7-8,12,17-18H2,1H3,(H,44,45)/t22-/m0/s1. The van der Waals surface area contributed by atoms with E-state index in [-0.39, 0.29) is 70.8 Å². The molecule has 0 radical (unpaired) electrons. The van der Waals surface area contributed by atoms with Gasteiger partial charge < -0.3 is 19.1 Å². The Morgan fingerprint density at radius 2 is 1.96 bits per heavy atom. The summed E-state index contributed by atoms with van der Waals surface area (Å²) in [6, 6.07) is 9.10. The Morgan fingerprint density at radius 1 is 1.10 bits per heavy atom. The molecule has 1 aliphatic heterocycles. The van der Waals surface area contributed by atoms with Crippen molar-refractivity contribution in [1.29, 1.82) is 0 Å². The SMILES string of the molecule is Cn1cc(C#Cc2cnc(COc3cccc(-c4cc(F)c(Cc5nc6c(F)cc(C(=O)O)cc6n5C[C@@H]5CCO5)cc4F)n3)s2)cn1. The van der Waals surface area contributed by atoms with E-state index in [1.54, 1.807) is 39.8 Å². The molecule has 2 aromatic carbocycles. The molecule has 1 saturated heterocycles. The number of hydrogen-bond donors (Lipinski definition) is 1. The molecule has 10 nitrogen and oxygen atoms in total. The number of fused-ring (bicyclic) bond motifs is 1. The number of aryl methyl sites for hydroxylation is 1. The van der Waals surface area contributed by atoms with Gasteiger partial charge in [0, 0.05) is 37.9 Å². The summed E-state index contributed by atoms with van der Waals surface area (Å²) in [6.45, 7) is 0.929. The van der Waals surface area contributed by atoms with Crippen molar-refractivity contribution in [2.45, 2.75) is 32.1 Å². The van der Waals surface area contributed by atoms with Crippen LogP contribution in [0.4, 0.5) is 13.2 Å². The van der Waals surface area contributed by atoms with Crippen LogP contribution in [-0.2, 0) is 31.4 Å². The predicted molar refractivity (Wildman–Crippen MR) is 169 cm³/mol. The van der Waals surface area contributed by atoms with Crippen molar-refractivity contribution in [1.82, 2.24) is 29.3 Å². The van der Waals surface area contributed by atoms with Gasteiger partial charge in [0.15, 0.2) is 5.82 Å². The highest BCUT2D eigenvalue weighted by molar-refractivity contribution is 7.12. The molecule has 0 aliphatic carbocycles. The number of carboxylic acid groups (broad SMARTS) is 1. The summed E-state index contributed by atoms with van der Waals surface area (Å²) in [6.07, 6.45) is 5.52. The summed E-state index contributed by atoms with van der Waals surface area (Å²) in [5.41, 5.74) is 0.798. The third-order valence-electron chi connectivity index (χ3n) is 7.73. The Morgan fingerprint density at radius 3 is 2.71 bits per heavy atom. The summed E-state index contributed by atoms with van der Waals surface area (Å²) in [5, 5.41) is 14.2. The minimum absolute atomic E-state index is 0.0141. The highest BCUT2D eigenvalue weighted by Gasteiger charge is 2.25. The molecule has 7 rings (SSSR count). The zero-order valence-electron chi connectivity index (χ0n) is 25.3. The zero-order valence-corrected chi connectivity index (χ0v) is 26.1. The van der Waals surface area contributed by atoms with Gasteiger partial charge in [-0.25, -0.2) is 32.9 Å². The first-order chi connectivity index (χ1) is 23.2. The molecule has 5 heterocycles. The van der Waals surface area contributed by atoms with Crippen LogP contribution in [0.1, 0.15) is 43.6 Å². The van der Waals surface area contributed by atoms with Crippen molar-refractivity contribution in [3.63, 3.8) is 0 Å². The maximum atomic E-state index is 15.6. The average molecular weight is 671 g/mol. The Balaban J connectivity index is 1.10. The monoisotopic (exact) mass is 670 g/mol. The number of halogens is 3. The van der Waals surface area contributed by atoms with Gasteiger partial charge in [-0.2, -0.15) is 5.10 Å². The summed E-state index contributed by atoms with van der Waals surface area (Å²) < 4.78 is 60.6. The average Bonchev–Trinajstić information content (AvgIpc) is 3.77. The second-order valence-corrected chi connectivity index (χ2v) is 12.2. The Hall–Kier alpha value is -5.52. The van der Waals surface area contributed by atoms with Gasteiger partial charge in [-0.15, -0.1) is 11.3 Å². The summed E-state index contributed by atoms with van der Waals surface area (Å²) in [5.74, 6) is 2.95. The topological polar surface area (TPSA) is 117 Å². The summed E-state index contributed by atoms with van der Waals surface area (Å²) in [7, 11) is 1.81. The number of ether oxygens (including phenoxy) is 2. The van der Waals surface area contributed by atoms with Gasteiger partial charge in [-0.05, 0) is 48.2 Å². The van der Waals surface area contributed by atoms with Crippen LogP contribution in [0.15, 0.2) is 61.1 Å². The number of aromatic nitrogens is 6. The minimum Gasteiger partial charge on any atom is -0.478 e. The number of rotatable bonds is 9. The van der Waals surface area contributed by atoms with E-state index in [2.05, 4.69) is 31.9 Å². The maximum absolute atomic E-state index is 15.6. The first-order valence-electron chi connectivity index (χ1n) is 14.8. The molecule has 14 heteroatoms. The lowest BCUT2D eigenvalue weighted by molar-refractivity contribution is -0.0589. The fraction of sp³-hybridized carbons (Fsp3) is 0.206. The Labute approximate surface area is 275 Å². The van der Waals surface area contributed by atoms with E-state index < -0.39 is 23.4 Å². The molecule has 1 N–H and O–H groups in total. The molecule has 0 spiro atoms. The lowest BCUT2D eigenvalue weighted by Gasteiger charge is -2.27. The first kappa shape index (κ1) is 31.1. The first-order valence-corrected chi connectivity index (χ1v) is 15.6. The Kier molecular flexibility index (Phi) is 8.38. The van der Waals surface area contributed by atoms with Crippen molar-refractivity contribution < 1.29 is 32.5 Å². The van der Waals surface area contributed by atoms with E-state index in [1.165, 1.54) is 17.4 Å². The summed E-state index contributed by atoms with van der Waals surface area (Å²) in [4.78, 5) is 25.4. The fourth-order valence-corrected chi connectivity index (χ4v) is 5.93. The largest absolute Gasteiger partial charge is 0.478 e. The van der Waals surface area contributed by atoms with Crippen molar-refractivity contribution in [3.05, 3.63) is 111 Å². The molecule has 0 saturated carbocycles. The molecule has 0 amide bonds. The molecular formula is C34H25F3N6O4S. The molecule has 4 aromatic heterocycles. The van der Waals surface area contributed by atoms with Gasteiger partial charge in [0.25, 0.3) is 0 Å². The number of thiazole rings is 1. The number of nitrogens with zero attached hydrogens (tertiary/aromatic N) is 6. The molecule has 242 valence electrons. The van der Waals surface area contributed by atoms with Crippen LogP contribution in [-0.4, -0.2) is 53.1 Å². The van der Waals surface area contributed by atoms with Gasteiger partial charge in [0.2, 0.25) is 5.88 Å². The molecule has 0 unspecified atom stereocenters. The lowest BCUT2D eigenvalue weighted by Crippen LogP contribution is -2.31. The molecule has 1 aliphatic rings. The van der Waals surface area contributed by atoms with Crippen molar-refractivity contribution in [2.75, 3.05) is 6.61 Å². The number of benzene rings is 2. The van der Waals surface area contributed by atoms with Crippen molar-refractivity contribution in [3.8, 4) is 29.0 Å². The quantitative estimate of drug-likeness (QED) is 0.193. The van der Waals surface area contributed by atoms with Crippen LogP contribution in [0.5, 0.6) is 5.88 Å². The van der Waals surface area contributed by atoms with Crippen LogP contribution in [0.3, 0.4) is 0 Å². The second kappa shape index (κ2) is 12.9. The predicted octanol–water partition coefficient (Wildman–Crippen LogP) is 5.76. The highest BCUT2D eigenvalue weighted by atomic mass is 32.1. The van der Waals surface area contributed by atoms with E-state index in [0.717, 1.165) is 35.1 Å². The summed E-state index contributed by atoms with van der Waals surface area (Å²) >= 11 is 1.36. The van der Waals surface area contributed by atoms with Crippen molar-refractivity contribution in [2.24, 2.45) is 7.05 Å². The number of carbonyl (C=O) groups is 1. The van der Waals surface area contributed by atoms with E-state index >= 15 is 8.78 Å². The third kappa shape index (κ3) is 6.51. The molecule has 6 aromatic rings. The van der Waals surface area contributed by atoms with Crippen LogP contribution < -0.4 is 4.74 Å². The molecule has 1 fully saturated rings. The zero-order chi connectivity index (χ0) is 33.4. The number of hydrogen-bond acceptors (Lipinski definition) is 8. The number of carboxylic acids is 1. The van der Waals surface area contributed by atoms with Gasteiger partial charge in [-0.1, -0.05) is 12.0 Å². The minimum atomic E-state index is -1.29. The van der Waals surface area contributed by atoms with E-state index in [0.29, 0.717) is 11.6 Å². The van der Waals surface area contributed by atoms with Gasteiger partial charge in [0.1, 0.15) is 34.6 Å². The fourth-order valence-electron chi connectivity index (χ4n) is 5.25. The number of pyridine rings is 1. The van der Waals surface area contributed by atoms with Gasteiger partial charge in [-0.3, -0.25) is 4.68 Å². The van der Waals surface area contributed by atoms with Crippen LogP contribution in [0.2, 0.25) is 0 Å². The van der Waals surface area contributed by atoms with Crippen LogP contribution in [0, 0.1) is 29.3 Å². The highest BCUT2D eigenvalue weighted by Crippen LogP contribution is 2.30. The van der Waals surface area contributed by atoms with Gasteiger partial charge in [0.05, 0.1) is 52.3 Å². The van der Waals surface area contributed by atoms with E-state index in [1.807, 2.05) is 13.2 Å². The number of aromatic carboxylic acids is 1. The molecular weight excluding hydrogens is 645 g/mol. The third-order valence-corrected chi connectivity index (χ3v) is 8.62. The second-order valence-electron chi connectivity index (χ2n) is 11.1. The van der Waals surface area contributed by atoms with E-state index in [9.17, 15) is 14.3 Å². The molecule has 0 bridgehead atoms. The van der Waals surface area contributed by atoms with Crippen molar-refractivity contribution >= 4 is 28.3 Å². The maximum Gasteiger partial charge on any atom is 0.335 e. The smallest absolute Gasteiger partial charge is 0.335 e. The molecule has 1 atom stereocenters. The lowest BCUT2D eigenvalue weighted by atomic mass is 10.0. The normalized spacial score (nSPS) is 14.0. The molecule has 48 heavy (non-hydrogen) atoms. The number of imidazole rings is 1. The van der Waals surface area contributed by atoms with Gasteiger partial charge >= 0.3 is 5.97 Å². The van der Waals surface area contributed by atoms with E-state index in [4.69, 9.17) is 9.47 Å². The Bertz CT molecular complexity index is 2250. The van der Waals surface area contributed by atoms with Crippen LogP contribution in [0.25, 0.3) is 22.3 Å². The van der Waals surface area contributed by atoms with Crippen LogP contribution >= 0.6 is 11.3 Å².